The highest BCUT2D eigenvalue weighted by molar-refractivity contribution is 4.85. The molecule has 0 heterocycles. The number of nitrogens with one attached hydrogen (secondary N) is 1. The smallest absolute Gasteiger partial charge is 0.00927 e. The van der Waals surface area contributed by atoms with Crippen LogP contribution in [0.2, 0.25) is 0 Å². The van der Waals surface area contributed by atoms with Gasteiger partial charge in [-0.2, -0.15) is 0 Å². The highest BCUT2D eigenvalue weighted by atomic mass is 15.0. The van der Waals surface area contributed by atoms with E-state index in [9.17, 15) is 0 Å². The largest absolute Gasteiger partial charge is 0.311 e. The van der Waals surface area contributed by atoms with Gasteiger partial charge in [-0.1, -0.05) is 54.9 Å². The fraction of sp³-hybridized carbons (Fsp3) is 1.00. The Morgan fingerprint density at radius 3 is 1.82 bits per heavy atom. The second kappa shape index (κ2) is 7.41. The van der Waals surface area contributed by atoms with Gasteiger partial charge in [0, 0.05) is 12.1 Å². The van der Waals surface area contributed by atoms with Gasteiger partial charge in [-0.05, 0) is 37.0 Å². The Morgan fingerprint density at radius 1 is 0.941 bits per heavy atom. The van der Waals surface area contributed by atoms with Crippen molar-refractivity contribution in [3.63, 3.8) is 0 Å². The molecule has 0 saturated heterocycles. The minimum Gasteiger partial charge on any atom is -0.311 e. The maximum atomic E-state index is 3.86. The fourth-order valence-electron chi connectivity index (χ4n) is 2.74. The first-order chi connectivity index (χ1) is 7.74. The van der Waals surface area contributed by atoms with Crippen LogP contribution in [0.1, 0.15) is 74.7 Å². The SMILES string of the molecule is CCC(C)C(CC)NC(C)C(C)(C)CC(C)C. The average molecular weight is 241 g/mol. The summed E-state index contributed by atoms with van der Waals surface area (Å²) in [5.74, 6) is 1.55. The molecule has 0 aliphatic rings. The molecule has 0 aromatic heterocycles. The zero-order valence-electron chi connectivity index (χ0n) is 13.4. The van der Waals surface area contributed by atoms with Crippen LogP contribution in [0.3, 0.4) is 0 Å². The van der Waals surface area contributed by atoms with Crippen molar-refractivity contribution < 1.29 is 0 Å². The summed E-state index contributed by atoms with van der Waals surface area (Å²) in [6.07, 6.45) is 3.79. The summed E-state index contributed by atoms with van der Waals surface area (Å²) in [6, 6.07) is 1.25. The minimum absolute atomic E-state index is 0.384. The number of rotatable bonds is 8. The molecule has 0 rings (SSSR count). The molecule has 0 aromatic carbocycles. The zero-order chi connectivity index (χ0) is 13.6. The predicted octanol–water partition coefficient (Wildman–Crippen LogP) is 4.86. The second-order valence-electron chi connectivity index (χ2n) is 6.88. The van der Waals surface area contributed by atoms with Gasteiger partial charge in [0.1, 0.15) is 0 Å². The van der Waals surface area contributed by atoms with Crippen molar-refractivity contribution in [3.8, 4) is 0 Å². The lowest BCUT2D eigenvalue weighted by Crippen LogP contribution is -2.47. The first-order valence-electron chi connectivity index (χ1n) is 7.50. The van der Waals surface area contributed by atoms with Crippen LogP contribution >= 0.6 is 0 Å². The van der Waals surface area contributed by atoms with Gasteiger partial charge in [0.2, 0.25) is 0 Å². The second-order valence-corrected chi connectivity index (χ2v) is 6.88. The normalized spacial score (nSPS) is 18.2. The van der Waals surface area contributed by atoms with Crippen molar-refractivity contribution in [2.75, 3.05) is 0 Å². The molecular formula is C16H35N. The van der Waals surface area contributed by atoms with Gasteiger partial charge in [-0.3, -0.25) is 0 Å². The highest BCUT2D eigenvalue weighted by Gasteiger charge is 2.29. The molecule has 0 fully saturated rings. The predicted molar refractivity (Wildman–Crippen MR) is 79.4 cm³/mol. The van der Waals surface area contributed by atoms with Crippen molar-refractivity contribution in [3.05, 3.63) is 0 Å². The van der Waals surface area contributed by atoms with Crippen LogP contribution in [0.25, 0.3) is 0 Å². The Kier molecular flexibility index (Phi) is 7.39. The van der Waals surface area contributed by atoms with E-state index < -0.39 is 0 Å². The van der Waals surface area contributed by atoms with Crippen LogP contribution in [-0.2, 0) is 0 Å². The summed E-state index contributed by atoms with van der Waals surface area (Å²) in [5, 5.41) is 3.86. The highest BCUT2D eigenvalue weighted by Crippen LogP contribution is 2.30. The molecule has 0 amide bonds. The average Bonchev–Trinajstić information content (AvgIpc) is 2.22. The molecule has 0 aliphatic carbocycles. The maximum absolute atomic E-state index is 3.86. The van der Waals surface area contributed by atoms with E-state index in [1.54, 1.807) is 0 Å². The number of hydrogen-bond acceptors (Lipinski definition) is 1. The van der Waals surface area contributed by atoms with Crippen LogP contribution < -0.4 is 5.32 Å². The molecule has 1 heteroatoms. The quantitative estimate of drug-likeness (QED) is 0.640. The molecule has 1 nitrogen and oxygen atoms in total. The van der Waals surface area contributed by atoms with Crippen molar-refractivity contribution in [2.45, 2.75) is 86.7 Å². The van der Waals surface area contributed by atoms with Gasteiger partial charge in [0.15, 0.2) is 0 Å². The third-order valence-electron chi connectivity index (χ3n) is 4.34. The third kappa shape index (κ3) is 5.90. The monoisotopic (exact) mass is 241 g/mol. The van der Waals surface area contributed by atoms with Crippen molar-refractivity contribution in [1.82, 2.24) is 5.32 Å². The van der Waals surface area contributed by atoms with Crippen molar-refractivity contribution in [2.24, 2.45) is 17.3 Å². The van der Waals surface area contributed by atoms with Crippen LogP contribution in [0, 0.1) is 17.3 Å². The molecule has 0 saturated carbocycles. The Labute approximate surface area is 110 Å². The zero-order valence-corrected chi connectivity index (χ0v) is 13.4. The molecule has 0 bridgehead atoms. The van der Waals surface area contributed by atoms with E-state index >= 15 is 0 Å². The van der Waals surface area contributed by atoms with E-state index in [2.05, 4.69) is 60.7 Å². The summed E-state index contributed by atoms with van der Waals surface area (Å²) in [6.45, 7) is 18.7. The lowest BCUT2D eigenvalue weighted by atomic mass is 9.77. The molecule has 17 heavy (non-hydrogen) atoms. The molecule has 0 spiro atoms. The van der Waals surface area contributed by atoms with Crippen molar-refractivity contribution >= 4 is 0 Å². The van der Waals surface area contributed by atoms with Crippen molar-refractivity contribution in [1.29, 1.82) is 0 Å². The maximum Gasteiger partial charge on any atom is 0.00927 e. The molecule has 3 atom stereocenters. The van der Waals surface area contributed by atoms with Gasteiger partial charge in [-0.25, -0.2) is 0 Å². The van der Waals surface area contributed by atoms with Crippen LogP contribution in [-0.4, -0.2) is 12.1 Å². The molecule has 0 radical (unpaired) electrons. The topological polar surface area (TPSA) is 12.0 Å². The lowest BCUT2D eigenvalue weighted by molar-refractivity contribution is 0.178. The van der Waals surface area contributed by atoms with E-state index in [1.165, 1.54) is 19.3 Å². The number of hydrogen-bond donors (Lipinski definition) is 1. The summed E-state index contributed by atoms with van der Waals surface area (Å²) in [5.41, 5.74) is 0.384. The first kappa shape index (κ1) is 17.0. The van der Waals surface area contributed by atoms with E-state index in [0.29, 0.717) is 17.5 Å². The van der Waals surface area contributed by atoms with Crippen LogP contribution in [0.15, 0.2) is 0 Å². The fourth-order valence-corrected chi connectivity index (χ4v) is 2.74. The molecular weight excluding hydrogens is 206 g/mol. The Hall–Kier alpha value is -0.0400. The first-order valence-corrected chi connectivity index (χ1v) is 7.50. The summed E-state index contributed by atoms with van der Waals surface area (Å²) < 4.78 is 0. The Bertz CT molecular complexity index is 196. The summed E-state index contributed by atoms with van der Waals surface area (Å²) in [7, 11) is 0. The minimum atomic E-state index is 0.384. The Balaban J connectivity index is 4.43. The summed E-state index contributed by atoms with van der Waals surface area (Å²) >= 11 is 0. The molecule has 104 valence electrons. The van der Waals surface area contributed by atoms with Gasteiger partial charge < -0.3 is 5.32 Å². The molecule has 1 N–H and O–H groups in total. The van der Waals surface area contributed by atoms with E-state index in [4.69, 9.17) is 0 Å². The van der Waals surface area contributed by atoms with E-state index in [-0.39, 0.29) is 0 Å². The van der Waals surface area contributed by atoms with Crippen LogP contribution in [0.5, 0.6) is 0 Å². The molecule has 3 unspecified atom stereocenters. The van der Waals surface area contributed by atoms with E-state index in [1.807, 2.05) is 0 Å². The third-order valence-corrected chi connectivity index (χ3v) is 4.34. The molecule has 0 aliphatic heterocycles. The van der Waals surface area contributed by atoms with Gasteiger partial charge in [0.05, 0.1) is 0 Å². The summed E-state index contributed by atoms with van der Waals surface area (Å²) in [4.78, 5) is 0. The lowest BCUT2D eigenvalue weighted by Gasteiger charge is -2.38. The molecule has 0 aromatic rings. The van der Waals surface area contributed by atoms with E-state index in [0.717, 1.165) is 11.8 Å². The van der Waals surface area contributed by atoms with Gasteiger partial charge in [0.25, 0.3) is 0 Å². The van der Waals surface area contributed by atoms with Crippen LogP contribution in [0.4, 0.5) is 0 Å². The Morgan fingerprint density at radius 2 is 1.47 bits per heavy atom. The van der Waals surface area contributed by atoms with Gasteiger partial charge >= 0.3 is 0 Å². The van der Waals surface area contributed by atoms with Gasteiger partial charge in [-0.15, -0.1) is 0 Å². The standard InChI is InChI=1S/C16H35N/c1-9-13(5)15(10-2)17-14(6)16(7,8)11-12(3)4/h12-15,17H,9-11H2,1-8H3.